The summed E-state index contributed by atoms with van der Waals surface area (Å²) >= 11 is 0. The molecule has 1 rings (SSSR count). The van der Waals surface area contributed by atoms with Gasteiger partial charge in [-0.25, -0.2) is 0 Å². The van der Waals surface area contributed by atoms with Gasteiger partial charge in [-0.05, 0) is 46.1 Å². The number of rotatable bonds is 8. The van der Waals surface area contributed by atoms with Crippen LogP contribution in [0.3, 0.4) is 0 Å². The number of amides is 2. The number of benzene rings is 1. The summed E-state index contributed by atoms with van der Waals surface area (Å²) in [5.74, 6) is -0.0513. The molecule has 0 atom stereocenters. The average molecular weight is 305 g/mol. The van der Waals surface area contributed by atoms with Crippen LogP contribution in [0.25, 0.3) is 0 Å². The van der Waals surface area contributed by atoms with E-state index in [-0.39, 0.29) is 11.8 Å². The van der Waals surface area contributed by atoms with Crippen molar-refractivity contribution in [2.45, 2.75) is 26.7 Å². The van der Waals surface area contributed by atoms with E-state index < -0.39 is 0 Å². The molecule has 0 aliphatic carbocycles. The van der Waals surface area contributed by atoms with Crippen LogP contribution in [-0.2, 0) is 9.59 Å². The lowest BCUT2D eigenvalue weighted by Gasteiger charge is -2.21. The van der Waals surface area contributed by atoms with Gasteiger partial charge in [0.1, 0.15) is 0 Å². The van der Waals surface area contributed by atoms with Gasteiger partial charge in [-0.3, -0.25) is 9.59 Å². The van der Waals surface area contributed by atoms with Gasteiger partial charge in [0.05, 0.1) is 0 Å². The third-order valence-corrected chi connectivity index (χ3v) is 3.42. The molecule has 0 aliphatic heterocycles. The third kappa shape index (κ3) is 7.22. The van der Waals surface area contributed by atoms with Crippen LogP contribution in [0.4, 0.5) is 5.69 Å². The number of hydrogen-bond acceptors (Lipinski definition) is 3. The van der Waals surface area contributed by atoms with Gasteiger partial charge in [-0.2, -0.15) is 0 Å². The van der Waals surface area contributed by atoms with Gasteiger partial charge in [0.15, 0.2) is 0 Å². The Hall–Kier alpha value is -1.88. The molecule has 2 amide bonds. The SMILES string of the molecule is CC(=O)N(CCCN(C)C)CCC(=O)Nc1ccc(C)cc1. The van der Waals surface area contributed by atoms with Crippen LogP contribution >= 0.6 is 0 Å². The summed E-state index contributed by atoms with van der Waals surface area (Å²) < 4.78 is 0. The Bertz CT molecular complexity index is 483. The highest BCUT2D eigenvalue weighted by molar-refractivity contribution is 5.91. The summed E-state index contributed by atoms with van der Waals surface area (Å²) in [4.78, 5) is 27.4. The van der Waals surface area contributed by atoms with Crippen molar-refractivity contribution < 1.29 is 9.59 Å². The lowest BCUT2D eigenvalue weighted by Crippen LogP contribution is -2.34. The van der Waals surface area contributed by atoms with Crippen LogP contribution in [0.5, 0.6) is 0 Å². The summed E-state index contributed by atoms with van der Waals surface area (Å²) in [6, 6.07) is 7.68. The second kappa shape index (κ2) is 9.20. The van der Waals surface area contributed by atoms with Crippen molar-refractivity contribution in [3.8, 4) is 0 Å². The largest absolute Gasteiger partial charge is 0.342 e. The number of carbonyl (C=O) groups excluding carboxylic acids is 2. The molecular weight excluding hydrogens is 278 g/mol. The fourth-order valence-electron chi connectivity index (χ4n) is 2.10. The first-order chi connectivity index (χ1) is 10.4. The van der Waals surface area contributed by atoms with Gasteiger partial charge < -0.3 is 15.1 Å². The zero-order valence-electron chi connectivity index (χ0n) is 14.1. The highest BCUT2D eigenvalue weighted by atomic mass is 16.2. The Balaban J connectivity index is 2.38. The van der Waals surface area contributed by atoms with Crippen molar-refractivity contribution in [2.75, 3.05) is 39.0 Å². The first-order valence-electron chi connectivity index (χ1n) is 7.65. The number of anilines is 1. The summed E-state index contributed by atoms with van der Waals surface area (Å²) in [5.41, 5.74) is 1.94. The Labute approximate surface area is 133 Å². The molecule has 0 bridgehead atoms. The number of aryl methyl sites for hydroxylation is 1. The average Bonchev–Trinajstić information content (AvgIpc) is 2.44. The summed E-state index contributed by atoms with van der Waals surface area (Å²) in [6.07, 6.45) is 1.22. The predicted octanol–water partition coefficient (Wildman–Crippen LogP) is 2.12. The van der Waals surface area contributed by atoms with Gasteiger partial charge in [0, 0.05) is 32.1 Å². The maximum atomic E-state index is 11.9. The zero-order valence-corrected chi connectivity index (χ0v) is 14.1. The van der Waals surface area contributed by atoms with Crippen molar-refractivity contribution in [1.29, 1.82) is 0 Å². The molecule has 5 nitrogen and oxygen atoms in total. The quantitative estimate of drug-likeness (QED) is 0.800. The van der Waals surface area contributed by atoms with Crippen LogP contribution in [0.2, 0.25) is 0 Å². The maximum Gasteiger partial charge on any atom is 0.226 e. The molecule has 122 valence electrons. The topological polar surface area (TPSA) is 52.7 Å². The standard InChI is InChI=1S/C17H27N3O2/c1-14-6-8-16(9-7-14)18-17(22)10-13-20(15(2)21)12-5-11-19(3)4/h6-9H,5,10-13H2,1-4H3,(H,18,22). The molecule has 0 unspecified atom stereocenters. The van der Waals surface area contributed by atoms with E-state index in [1.165, 1.54) is 0 Å². The van der Waals surface area contributed by atoms with Crippen LogP contribution in [0.15, 0.2) is 24.3 Å². The third-order valence-electron chi connectivity index (χ3n) is 3.42. The van der Waals surface area contributed by atoms with Gasteiger partial charge in [-0.1, -0.05) is 17.7 Å². The summed E-state index contributed by atoms with van der Waals surface area (Å²) in [7, 11) is 4.01. The number of nitrogens with zero attached hydrogens (tertiary/aromatic N) is 2. The number of nitrogens with one attached hydrogen (secondary N) is 1. The van der Waals surface area contributed by atoms with Gasteiger partial charge >= 0.3 is 0 Å². The Morgan fingerprint density at radius 2 is 1.68 bits per heavy atom. The zero-order chi connectivity index (χ0) is 16.5. The fraction of sp³-hybridized carbons (Fsp3) is 0.529. The second-order valence-corrected chi connectivity index (χ2v) is 5.83. The van der Waals surface area contributed by atoms with Crippen molar-refractivity contribution in [1.82, 2.24) is 9.80 Å². The Morgan fingerprint density at radius 1 is 1.05 bits per heavy atom. The second-order valence-electron chi connectivity index (χ2n) is 5.83. The van der Waals surface area contributed by atoms with E-state index in [0.29, 0.717) is 19.5 Å². The number of carbonyl (C=O) groups is 2. The maximum absolute atomic E-state index is 11.9. The van der Waals surface area contributed by atoms with Crippen molar-refractivity contribution >= 4 is 17.5 Å². The summed E-state index contributed by atoms with van der Waals surface area (Å²) in [5, 5.41) is 2.85. The van der Waals surface area contributed by atoms with Crippen molar-refractivity contribution in [2.24, 2.45) is 0 Å². The molecule has 0 spiro atoms. The molecule has 1 N–H and O–H groups in total. The molecule has 0 radical (unpaired) electrons. The molecule has 0 aliphatic rings. The van der Waals surface area contributed by atoms with Crippen LogP contribution < -0.4 is 5.32 Å². The lowest BCUT2D eigenvalue weighted by molar-refractivity contribution is -0.129. The van der Waals surface area contributed by atoms with Crippen molar-refractivity contribution in [3.63, 3.8) is 0 Å². The molecule has 0 aromatic heterocycles. The van der Waals surface area contributed by atoms with Gasteiger partial charge in [0.25, 0.3) is 0 Å². The van der Waals surface area contributed by atoms with E-state index in [2.05, 4.69) is 10.2 Å². The molecule has 22 heavy (non-hydrogen) atoms. The molecule has 1 aromatic rings. The molecule has 0 saturated heterocycles. The molecule has 5 heteroatoms. The Morgan fingerprint density at radius 3 is 2.23 bits per heavy atom. The molecule has 1 aromatic carbocycles. The van der Waals surface area contributed by atoms with Crippen LogP contribution in [0, 0.1) is 6.92 Å². The first kappa shape index (κ1) is 18.2. The minimum atomic E-state index is -0.0669. The van der Waals surface area contributed by atoms with E-state index in [1.54, 1.807) is 11.8 Å². The monoisotopic (exact) mass is 305 g/mol. The van der Waals surface area contributed by atoms with Crippen LogP contribution in [-0.4, -0.2) is 55.3 Å². The minimum absolute atomic E-state index is 0.0156. The normalized spacial score (nSPS) is 10.6. The number of hydrogen-bond donors (Lipinski definition) is 1. The van der Waals surface area contributed by atoms with Crippen LogP contribution in [0.1, 0.15) is 25.3 Å². The highest BCUT2D eigenvalue weighted by Crippen LogP contribution is 2.09. The lowest BCUT2D eigenvalue weighted by atomic mass is 10.2. The minimum Gasteiger partial charge on any atom is -0.342 e. The molecule has 0 fully saturated rings. The van der Waals surface area contributed by atoms with Gasteiger partial charge in [0.2, 0.25) is 11.8 Å². The van der Waals surface area contributed by atoms with E-state index in [4.69, 9.17) is 0 Å². The van der Waals surface area contributed by atoms with E-state index in [1.807, 2.05) is 45.3 Å². The van der Waals surface area contributed by atoms with E-state index >= 15 is 0 Å². The molecular formula is C17H27N3O2. The van der Waals surface area contributed by atoms with E-state index in [9.17, 15) is 9.59 Å². The fourth-order valence-corrected chi connectivity index (χ4v) is 2.10. The Kier molecular flexibility index (Phi) is 7.60. The smallest absolute Gasteiger partial charge is 0.226 e. The molecule has 0 saturated carbocycles. The first-order valence-corrected chi connectivity index (χ1v) is 7.65. The molecule has 0 heterocycles. The summed E-state index contributed by atoms with van der Waals surface area (Å²) in [6.45, 7) is 5.63. The predicted molar refractivity (Wildman–Crippen MR) is 89.9 cm³/mol. The van der Waals surface area contributed by atoms with Crippen molar-refractivity contribution in [3.05, 3.63) is 29.8 Å². The van der Waals surface area contributed by atoms with E-state index in [0.717, 1.165) is 24.2 Å². The highest BCUT2D eigenvalue weighted by Gasteiger charge is 2.11. The van der Waals surface area contributed by atoms with Gasteiger partial charge in [-0.15, -0.1) is 0 Å².